The van der Waals surface area contributed by atoms with Crippen LogP contribution >= 0.6 is 23.3 Å². The molecule has 1 heterocycles. The molecule has 1 unspecified atom stereocenters. The largest absolute Gasteiger partial charge is 0.469 e. The fraction of sp³-hybridized carbons (Fsp3) is 0.700. The summed E-state index contributed by atoms with van der Waals surface area (Å²) in [4.78, 5) is 15.5. The minimum Gasteiger partial charge on any atom is -0.469 e. The minimum absolute atomic E-state index is 0.174. The highest BCUT2D eigenvalue weighted by Crippen LogP contribution is 2.40. The van der Waals surface area contributed by atoms with Gasteiger partial charge in [0, 0.05) is 11.2 Å². The van der Waals surface area contributed by atoms with Crippen LogP contribution in [0.25, 0.3) is 0 Å². The summed E-state index contributed by atoms with van der Waals surface area (Å²) in [5.41, 5.74) is 0. The van der Waals surface area contributed by atoms with Crippen LogP contribution in [0.5, 0.6) is 0 Å². The summed E-state index contributed by atoms with van der Waals surface area (Å²) in [6, 6.07) is 0. The highest BCUT2D eigenvalue weighted by atomic mass is 32.2. The van der Waals surface area contributed by atoms with Gasteiger partial charge in [0.15, 0.2) is 4.34 Å². The number of nitrogens with zero attached hydrogens (tertiary/aromatic N) is 2. The van der Waals surface area contributed by atoms with Gasteiger partial charge in [0.1, 0.15) is 5.82 Å². The molecule has 6 heteroatoms. The smallest absolute Gasteiger partial charge is 0.306 e. The summed E-state index contributed by atoms with van der Waals surface area (Å²) < 4.78 is 9.91. The fourth-order valence-electron chi connectivity index (χ4n) is 1.31. The van der Waals surface area contributed by atoms with Crippen molar-refractivity contribution < 1.29 is 9.53 Å². The van der Waals surface area contributed by atoms with Crippen LogP contribution < -0.4 is 0 Å². The van der Waals surface area contributed by atoms with Crippen molar-refractivity contribution in [2.45, 2.75) is 41.7 Å². The van der Waals surface area contributed by atoms with Gasteiger partial charge in [0.05, 0.1) is 13.5 Å². The van der Waals surface area contributed by atoms with E-state index in [0.717, 1.165) is 10.2 Å². The number of hydrogen-bond acceptors (Lipinski definition) is 6. The Morgan fingerprint density at radius 1 is 1.69 bits per heavy atom. The summed E-state index contributed by atoms with van der Waals surface area (Å²) in [6.07, 6.45) is 2.86. The van der Waals surface area contributed by atoms with Gasteiger partial charge in [0.25, 0.3) is 0 Å². The van der Waals surface area contributed by atoms with Gasteiger partial charge in [-0.25, -0.2) is 4.98 Å². The molecule has 0 N–H and O–H groups in total. The third kappa shape index (κ3) is 3.18. The molecule has 0 radical (unpaired) electrons. The summed E-state index contributed by atoms with van der Waals surface area (Å²) in [7, 11) is 1.41. The zero-order chi connectivity index (χ0) is 11.5. The Balaban J connectivity index is 1.85. The molecule has 0 aromatic carbocycles. The maximum Gasteiger partial charge on any atom is 0.306 e. The van der Waals surface area contributed by atoms with Crippen molar-refractivity contribution in [1.29, 1.82) is 0 Å². The molecule has 1 aromatic heterocycles. The topological polar surface area (TPSA) is 52.1 Å². The lowest BCUT2D eigenvalue weighted by atomic mass is 10.3. The van der Waals surface area contributed by atoms with E-state index in [1.165, 1.54) is 31.5 Å². The van der Waals surface area contributed by atoms with Gasteiger partial charge < -0.3 is 4.74 Å². The second-order valence-corrected chi connectivity index (χ2v) is 6.34. The maximum absolute atomic E-state index is 11.1. The van der Waals surface area contributed by atoms with E-state index in [0.29, 0.717) is 12.3 Å². The van der Waals surface area contributed by atoms with Gasteiger partial charge in [-0.15, -0.1) is 0 Å². The molecule has 1 aliphatic carbocycles. The maximum atomic E-state index is 11.1. The zero-order valence-corrected chi connectivity index (χ0v) is 10.9. The van der Waals surface area contributed by atoms with Crippen LogP contribution in [0.15, 0.2) is 4.34 Å². The lowest BCUT2D eigenvalue weighted by molar-refractivity contribution is -0.140. The summed E-state index contributed by atoms with van der Waals surface area (Å²) in [6.45, 7) is 2.00. The number of methoxy groups -OCH3 is 1. The van der Waals surface area contributed by atoms with E-state index in [2.05, 4.69) is 14.1 Å². The first-order valence-electron chi connectivity index (χ1n) is 5.26. The normalized spacial score (nSPS) is 17.1. The molecule has 0 bridgehead atoms. The lowest BCUT2D eigenvalue weighted by Crippen LogP contribution is -2.08. The number of carbonyl (C=O) groups excluding carboxylic acids is 1. The summed E-state index contributed by atoms with van der Waals surface area (Å²) in [5.74, 6) is 1.41. The summed E-state index contributed by atoms with van der Waals surface area (Å²) >= 11 is 3.03. The zero-order valence-electron chi connectivity index (χ0n) is 9.30. The van der Waals surface area contributed by atoms with Gasteiger partial charge in [-0.1, -0.05) is 18.7 Å². The number of esters is 1. The van der Waals surface area contributed by atoms with Gasteiger partial charge in [-0.3, -0.25) is 4.79 Å². The number of rotatable bonds is 5. The molecule has 0 saturated heterocycles. The third-order valence-electron chi connectivity index (χ3n) is 2.35. The van der Waals surface area contributed by atoms with E-state index >= 15 is 0 Å². The van der Waals surface area contributed by atoms with Crippen LogP contribution in [0, 0.1) is 0 Å². The predicted octanol–water partition coefficient (Wildman–Crippen LogP) is 2.46. The Morgan fingerprint density at radius 3 is 3.06 bits per heavy atom. The molecule has 88 valence electrons. The molecular weight excluding hydrogens is 244 g/mol. The Hall–Kier alpha value is -0.620. The van der Waals surface area contributed by atoms with Crippen LogP contribution in [0.2, 0.25) is 0 Å². The highest BCUT2D eigenvalue weighted by molar-refractivity contribution is 8.01. The van der Waals surface area contributed by atoms with Gasteiger partial charge in [-0.05, 0) is 24.4 Å². The van der Waals surface area contributed by atoms with Crippen LogP contribution in [-0.4, -0.2) is 27.7 Å². The van der Waals surface area contributed by atoms with Crippen molar-refractivity contribution in [2.75, 3.05) is 7.11 Å². The van der Waals surface area contributed by atoms with Crippen molar-refractivity contribution >= 4 is 29.3 Å². The standard InChI is InChI=1S/C10H14N2O2S2/c1-6(5-8(13)14-2)15-10-11-9(12-16-10)7-3-4-7/h6-7H,3-5H2,1-2H3. The average Bonchev–Trinajstić information content (AvgIpc) is 3.00. The van der Waals surface area contributed by atoms with Crippen molar-refractivity contribution in [3.63, 3.8) is 0 Å². The number of hydrogen-bond donors (Lipinski definition) is 0. The van der Waals surface area contributed by atoms with E-state index < -0.39 is 0 Å². The van der Waals surface area contributed by atoms with Crippen LogP contribution in [0.1, 0.15) is 37.9 Å². The first-order chi connectivity index (χ1) is 7.69. The minimum atomic E-state index is -0.174. The van der Waals surface area contributed by atoms with Crippen molar-refractivity contribution in [1.82, 2.24) is 9.36 Å². The van der Waals surface area contributed by atoms with E-state index in [1.807, 2.05) is 6.92 Å². The van der Waals surface area contributed by atoms with Crippen LogP contribution in [-0.2, 0) is 9.53 Å². The third-order valence-corrected chi connectivity index (χ3v) is 4.25. The van der Waals surface area contributed by atoms with Crippen molar-refractivity contribution in [2.24, 2.45) is 0 Å². The Labute approximate surface area is 103 Å². The molecule has 0 spiro atoms. The van der Waals surface area contributed by atoms with Crippen LogP contribution in [0.3, 0.4) is 0 Å². The molecule has 16 heavy (non-hydrogen) atoms. The molecular formula is C10H14N2O2S2. The molecule has 1 saturated carbocycles. The van der Waals surface area contributed by atoms with Gasteiger partial charge >= 0.3 is 5.97 Å². The second-order valence-electron chi connectivity index (χ2n) is 3.90. The molecule has 1 aromatic rings. The van der Waals surface area contributed by atoms with E-state index in [4.69, 9.17) is 0 Å². The number of carbonyl (C=O) groups is 1. The highest BCUT2D eigenvalue weighted by Gasteiger charge is 2.28. The molecule has 2 rings (SSSR count). The quantitative estimate of drug-likeness (QED) is 0.600. The predicted molar refractivity (Wildman–Crippen MR) is 63.8 cm³/mol. The molecule has 0 amide bonds. The van der Waals surface area contributed by atoms with Gasteiger partial charge in [0.2, 0.25) is 0 Å². The lowest BCUT2D eigenvalue weighted by Gasteiger charge is -2.06. The molecule has 0 aliphatic heterocycles. The second kappa shape index (κ2) is 5.14. The van der Waals surface area contributed by atoms with Crippen LogP contribution in [0.4, 0.5) is 0 Å². The van der Waals surface area contributed by atoms with Crippen molar-refractivity contribution in [3.8, 4) is 0 Å². The number of ether oxygens (including phenoxy) is 1. The first-order valence-corrected chi connectivity index (χ1v) is 6.91. The van der Waals surface area contributed by atoms with E-state index in [-0.39, 0.29) is 11.2 Å². The Morgan fingerprint density at radius 2 is 2.44 bits per heavy atom. The monoisotopic (exact) mass is 258 g/mol. The van der Waals surface area contributed by atoms with Gasteiger partial charge in [-0.2, -0.15) is 4.37 Å². The van der Waals surface area contributed by atoms with E-state index in [9.17, 15) is 4.79 Å². The first kappa shape index (κ1) is 11.9. The summed E-state index contributed by atoms with van der Waals surface area (Å²) in [5, 5.41) is 0.187. The molecule has 1 atom stereocenters. The van der Waals surface area contributed by atoms with Crippen molar-refractivity contribution in [3.05, 3.63) is 5.82 Å². The Bertz CT molecular complexity index is 377. The number of aromatic nitrogens is 2. The molecule has 4 nitrogen and oxygen atoms in total. The SMILES string of the molecule is COC(=O)CC(C)Sc1nc(C2CC2)ns1. The number of thioether (sulfide) groups is 1. The molecule has 1 aliphatic rings. The average molecular weight is 258 g/mol. The molecule has 1 fully saturated rings. The fourth-order valence-corrected chi connectivity index (χ4v) is 3.29. The van der Waals surface area contributed by atoms with E-state index in [1.54, 1.807) is 11.8 Å². The Kier molecular flexibility index (Phi) is 3.81.